The van der Waals surface area contributed by atoms with Crippen LogP contribution in [0.15, 0.2) is 22.6 Å². The summed E-state index contributed by atoms with van der Waals surface area (Å²) in [5.74, 6) is 0.764. The maximum Gasteiger partial charge on any atom is 0.266 e. The first-order valence-corrected chi connectivity index (χ1v) is 3.87. The zero-order chi connectivity index (χ0) is 8.55. The zero-order valence-electron chi connectivity index (χ0n) is 6.46. The molecule has 2 aromatic rings. The molecule has 0 unspecified atom stereocenters. The summed E-state index contributed by atoms with van der Waals surface area (Å²) in [6.45, 7) is 0. The highest BCUT2D eigenvalue weighted by Gasteiger charge is 1.99. The molecular formula is C8H7NO2S. The minimum atomic E-state index is 0.387. The summed E-state index contributed by atoms with van der Waals surface area (Å²) in [5.41, 5.74) is 1.61. The summed E-state index contributed by atoms with van der Waals surface area (Å²) in [6, 6.07) is 5.51. The molecule has 0 saturated heterocycles. The molecule has 0 bridgehead atoms. The normalized spacial score (nSPS) is 10.4. The molecule has 0 fully saturated rings. The molecule has 0 radical (unpaired) electrons. The lowest BCUT2D eigenvalue weighted by atomic mass is 10.3. The number of nitrogens with one attached hydrogen (secondary N) is 1. The fourth-order valence-corrected chi connectivity index (χ4v) is 1.25. The number of fused-ring (bicyclic) bond motifs is 1. The topological polar surface area (TPSA) is 38.2 Å². The van der Waals surface area contributed by atoms with Gasteiger partial charge in [0.2, 0.25) is 0 Å². The fourth-order valence-electron chi connectivity index (χ4n) is 1.05. The van der Waals surface area contributed by atoms with E-state index in [-0.39, 0.29) is 0 Å². The highest BCUT2D eigenvalue weighted by atomic mass is 32.1. The molecule has 0 atom stereocenters. The van der Waals surface area contributed by atoms with Crippen LogP contribution in [0.1, 0.15) is 0 Å². The molecule has 0 aliphatic carbocycles. The number of benzene rings is 1. The number of methoxy groups -OCH3 is 1. The molecule has 62 valence electrons. The van der Waals surface area contributed by atoms with Gasteiger partial charge in [0.25, 0.3) is 4.84 Å². The van der Waals surface area contributed by atoms with E-state index in [1.807, 2.05) is 12.1 Å². The van der Waals surface area contributed by atoms with E-state index >= 15 is 0 Å². The second kappa shape index (κ2) is 2.64. The molecule has 1 heterocycles. The smallest absolute Gasteiger partial charge is 0.266 e. The summed E-state index contributed by atoms with van der Waals surface area (Å²) >= 11 is 4.83. The van der Waals surface area contributed by atoms with Crippen LogP contribution in [0.2, 0.25) is 0 Å². The summed E-state index contributed by atoms with van der Waals surface area (Å²) in [6.07, 6.45) is 0. The predicted octanol–water partition coefficient (Wildman–Crippen LogP) is 2.50. The molecule has 1 N–H and O–H groups in total. The minimum Gasteiger partial charge on any atom is -0.497 e. The molecule has 0 aliphatic heterocycles. The fraction of sp³-hybridized carbons (Fsp3) is 0.125. The number of aromatic nitrogens is 1. The molecule has 0 saturated carbocycles. The van der Waals surface area contributed by atoms with Crippen molar-refractivity contribution in [3.8, 4) is 5.75 Å². The van der Waals surface area contributed by atoms with Crippen LogP contribution in [0, 0.1) is 4.84 Å². The van der Waals surface area contributed by atoms with Gasteiger partial charge in [-0.15, -0.1) is 0 Å². The number of H-pyrrole nitrogens is 1. The van der Waals surface area contributed by atoms with Gasteiger partial charge in [0.1, 0.15) is 5.75 Å². The Morgan fingerprint density at radius 1 is 1.50 bits per heavy atom. The van der Waals surface area contributed by atoms with E-state index in [0.29, 0.717) is 4.84 Å². The maximum atomic E-state index is 5.19. The number of hydrogen-bond donors (Lipinski definition) is 1. The first-order valence-electron chi connectivity index (χ1n) is 3.46. The van der Waals surface area contributed by atoms with Crippen molar-refractivity contribution in [3.05, 3.63) is 23.0 Å². The maximum absolute atomic E-state index is 5.19. The van der Waals surface area contributed by atoms with E-state index in [1.54, 1.807) is 13.2 Å². The van der Waals surface area contributed by atoms with Gasteiger partial charge in [0.15, 0.2) is 5.58 Å². The third-order valence-electron chi connectivity index (χ3n) is 1.63. The van der Waals surface area contributed by atoms with Crippen molar-refractivity contribution in [2.45, 2.75) is 0 Å². The SMILES string of the molecule is COc1ccc2[nH]c(=S)oc2c1. The van der Waals surface area contributed by atoms with Gasteiger partial charge in [-0.05, 0) is 24.4 Å². The van der Waals surface area contributed by atoms with E-state index in [2.05, 4.69) is 4.98 Å². The van der Waals surface area contributed by atoms with E-state index in [0.717, 1.165) is 16.8 Å². The molecule has 4 heteroatoms. The van der Waals surface area contributed by atoms with Gasteiger partial charge in [-0.2, -0.15) is 0 Å². The Morgan fingerprint density at radius 2 is 2.33 bits per heavy atom. The zero-order valence-corrected chi connectivity index (χ0v) is 7.27. The van der Waals surface area contributed by atoms with Gasteiger partial charge in [0, 0.05) is 6.07 Å². The highest BCUT2D eigenvalue weighted by Crippen LogP contribution is 2.19. The van der Waals surface area contributed by atoms with Crippen molar-refractivity contribution in [3.63, 3.8) is 0 Å². The third kappa shape index (κ3) is 1.10. The van der Waals surface area contributed by atoms with Crippen molar-refractivity contribution in [2.24, 2.45) is 0 Å². The molecule has 12 heavy (non-hydrogen) atoms. The first kappa shape index (κ1) is 7.36. The van der Waals surface area contributed by atoms with Crippen LogP contribution in [-0.2, 0) is 0 Å². The van der Waals surface area contributed by atoms with Crippen LogP contribution in [0.4, 0.5) is 0 Å². The largest absolute Gasteiger partial charge is 0.497 e. The van der Waals surface area contributed by atoms with Gasteiger partial charge >= 0.3 is 0 Å². The second-order valence-corrected chi connectivity index (χ2v) is 2.75. The molecule has 0 amide bonds. The Kier molecular flexibility index (Phi) is 1.62. The van der Waals surface area contributed by atoms with Crippen molar-refractivity contribution in [2.75, 3.05) is 7.11 Å². The summed E-state index contributed by atoms with van der Waals surface area (Å²) in [4.78, 5) is 3.29. The van der Waals surface area contributed by atoms with E-state index in [1.165, 1.54) is 0 Å². The van der Waals surface area contributed by atoms with E-state index in [4.69, 9.17) is 21.4 Å². The lowest BCUT2D eigenvalue weighted by Crippen LogP contribution is -1.80. The third-order valence-corrected chi connectivity index (χ3v) is 1.81. The Labute approximate surface area is 74.0 Å². The Hall–Kier alpha value is -1.29. The van der Waals surface area contributed by atoms with Crippen LogP contribution in [0.3, 0.4) is 0 Å². The lowest BCUT2D eigenvalue weighted by molar-refractivity contribution is 0.414. The Bertz CT molecular complexity index is 457. The number of ether oxygens (including phenoxy) is 1. The second-order valence-electron chi connectivity index (χ2n) is 2.38. The minimum absolute atomic E-state index is 0.387. The van der Waals surface area contributed by atoms with Gasteiger partial charge in [0.05, 0.1) is 12.6 Å². The molecule has 2 rings (SSSR count). The molecule has 3 nitrogen and oxygen atoms in total. The van der Waals surface area contributed by atoms with Crippen LogP contribution in [0.5, 0.6) is 5.75 Å². The monoisotopic (exact) mass is 181 g/mol. The van der Waals surface area contributed by atoms with Gasteiger partial charge in [-0.3, -0.25) is 0 Å². The van der Waals surface area contributed by atoms with E-state index in [9.17, 15) is 0 Å². The number of hydrogen-bond acceptors (Lipinski definition) is 3. The summed E-state index contributed by atoms with van der Waals surface area (Å²) in [5, 5.41) is 0. The summed E-state index contributed by atoms with van der Waals surface area (Å²) in [7, 11) is 1.61. The van der Waals surface area contributed by atoms with Gasteiger partial charge in [-0.1, -0.05) is 0 Å². The average Bonchev–Trinajstić information content (AvgIpc) is 2.43. The average molecular weight is 181 g/mol. The van der Waals surface area contributed by atoms with E-state index < -0.39 is 0 Å². The number of rotatable bonds is 1. The predicted molar refractivity (Wildman–Crippen MR) is 48.0 cm³/mol. The van der Waals surface area contributed by atoms with Gasteiger partial charge in [-0.25, -0.2) is 0 Å². The van der Waals surface area contributed by atoms with Crippen LogP contribution in [0.25, 0.3) is 11.1 Å². The molecule has 1 aromatic carbocycles. The van der Waals surface area contributed by atoms with Crippen LogP contribution in [-0.4, -0.2) is 12.1 Å². The molecule has 0 aliphatic rings. The summed E-state index contributed by atoms with van der Waals surface area (Å²) < 4.78 is 10.2. The lowest BCUT2D eigenvalue weighted by Gasteiger charge is -1.96. The Morgan fingerprint density at radius 3 is 3.08 bits per heavy atom. The molecule has 0 spiro atoms. The highest BCUT2D eigenvalue weighted by molar-refractivity contribution is 7.71. The van der Waals surface area contributed by atoms with Crippen molar-refractivity contribution < 1.29 is 9.15 Å². The quantitative estimate of drug-likeness (QED) is 0.687. The van der Waals surface area contributed by atoms with Crippen LogP contribution < -0.4 is 4.74 Å². The van der Waals surface area contributed by atoms with Crippen molar-refractivity contribution in [1.82, 2.24) is 4.98 Å². The Balaban J connectivity index is 2.74. The van der Waals surface area contributed by atoms with Crippen molar-refractivity contribution in [1.29, 1.82) is 0 Å². The van der Waals surface area contributed by atoms with Crippen molar-refractivity contribution >= 4 is 23.3 Å². The number of aromatic amines is 1. The molecular weight excluding hydrogens is 174 g/mol. The number of oxazole rings is 1. The first-order chi connectivity index (χ1) is 5.79. The van der Waals surface area contributed by atoms with Crippen LogP contribution >= 0.6 is 12.2 Å². The standard InChI is InChI=1S/C8H7NO2S/c1-10-5-2-3-6-7(4-5)11-8(12)9-6/h2-4H,1H3,(H,9,12). The molecule has 1 aromatic heterocycles. The van der Waals surface area contributed by atoms with Gasteiger partial charge < -0.3 is 14.1 Å².